The van der Waals surface area contributed by atoms with E-state index in [2.05, 4.69) is 34.5 Å². The first-order chi connectivity index (χ1) is 11.6. The molecule has 1 aromatic rings. The van der Waals surface area contributed by atoms with Gasteiger partial charge in [-0.1, -0.05) is 30.3 Å². The Morgan fingerprint density at radius 2 is 1.75 bits per heavy atom. The quantitative estimate of drug-likeness (QED) is 0.869. The van der Waals surface area contributed by atoms with Crippen molar-refractivity contribution in [1.82, 2.24) is 10.2 Å². The van der Waals surface area contributed by atoms with Crippen molar-refractivity contribution >= 4 is 11.9 Å². The lowest BCUT2D eigenvalue weighted by Gasteiger charge is -2.31. The Labute approximate surface area is 143 Å². The first kappa shape index (κ1) is 17.0. The number of rotatable bonds is 5. The molecule has 24 heavy (non-hydrogen) atoms. The summed E-state index contributed by atoms with van der Waals surface area (Å²) in [7, 11) is 0. The maximum absolute atomic E-state index is 12.4. The van der Waals surface area contributed by atoms with E-state index < -0.39 is 5.97 Å². The third-order valence-corrected chi connectivity index (χ3v) is 5.34. The highest BCUT2D eigenvalue weighted by molar-refractivity contribution is 5.79. The van der Waals surface area contributed by atoms with Gasteiger partial charge in [-0.2, -0.15) is 0 Å². The molecule has 0 radical (unpaired) electrons. The van der Waals surface area contributed by atoms with Gasteiger partial charge in [0.25, 0.3) is 0 Å². The zero-order chi connectivity index (χ0) is 16.9. The van der Waals surface area contributed by atoms with Gasteiger partial charge in [-0.15, -0.1) is 0 Å². The van der Waals surface area contributed by atoms with Crippen molar-refractivity contribution in [2.75, 3.05) is 13.1 Å². The predicted octanol–water partition coefficient (Wildman–Crippen LogP) is 2.27. The molecule has 1 aromatic carbocycles. The summed E-state index contributed by atoms with van der Waals surface area (Å²) < 4.78 is 0. The molecule has 1 saturated carbocycles. The molecule has 5 heteroatoms. The number of nitrogens with zero attached hydrogens (tertiary/aromatic N) is 1. The van der Waals surface area contributed by atoms with Gasteiger partial charge >= 0.3 is 5.97 Å². The molecule has 1 heterocycles. The second-order valence-electron chi connectivity index (χ2n) is 7.09. The first-order valence-electron chi connectivity index (χ1n) is 8.91. The molecule has 2 aliphatic rings. The van der Waals surface area contributed by atoms with Crippen LogP contribution in [0.5, 0.6) is 0 Å². The number of amides is 1. The molecule has 130 valence electrons. The van der Waals surface area contributed by atoms with Gasteiger partial charge in [0, 0.05) is 18.5 Å². The van der Waals surface area contributed by atoms with Crippen LogP contribution in [0.1, 0.15) is 37.7 Å². The molecule has 3 rings (SSSR count). The minimum Gasteiger partial charge on any atom is -0.481 e. The van der Waals surface area contributed by atoms with E-state index in [0.29, 0.717) is 12.8 Å². The summed E-state index contributed by atoms with van der Waals surface area (Å²) in [4.78, 5) is 25.8. The van der Waals surface area contributed by atoms with Crippen molar-refractivity contribution in [3.8, 4) is 0 Å². The number of aliphatic carboxylic acids is 1. The van der Waals surface area contributed by atoms with Gasteiger partial charge in [0.05, 0.1) is 5.92 Å². The van der Waals surface area contributed by atoms with Crippen molar-refractivity contribution in [1.29, 1.82) is 0 Å². The third kappa shape index (κ3) is 4.35. The van der Waals surface area contributed by atoms with E-state index in [1.54, 1.807) is 0 Å². The van der Waals surface area contributed by atoms with E-state index in [-0.39, 0.29) is 23.8 Å². The fourth-order valence-corrected chi connectivity index (χ4v) is 3.85. The van der Waals surface area contributed by atoms with E-state index in [0.717, 1.165) is 38.9 Å². The smallest absolute Gasteiger partial charge is 0.306 e. The zero-order valence-electron chi connectivity index (χ0n) is 14.0. The van der Waals surface area contributed by atoms with Crippen LogP contribution in [0, 0.1) is 11.8 Å². The molecule has 0 aromatic heterocycles. The normalized spacial score (nSPS) is 25.5. The lowest BCUT2D eigenvalue weighted by Crippen LogP contribution is -2.43. The van der Waals surface area contributed by atoms with Crippen LogP contribution >= 0.6 is 0 Å². The van der Waals surface area contributed by atoms with Gasteiger partial charge in [-0.3, -0.25) is 14.5 Å². The molecule has 1 amide bonds. The van der Waals surface area contributed by atoms with Crippen LogP contribution in [0.3, 0.4) is 0 Å². The van der Waals surface area contributed by atoms with E-state index in [4.69, 9.17) is 5.11 Å². The van der Waals surface area contributed by atoms with Crippen molar-refractivity contribution in [2.45, 2.75) is 44.7 Å². The number of hydrogen-bond donors (Lipinski definition) is 2. The molecule has 1 saturated heterocycles. The number of carbonyl (C=O) groups excluding carboxylic acids is 1. The summed E-state index contributed by atoms with van der Waals surface area (Å²) in [5.41, 5.74) is 1.31. The molecule has 2 fully saturated rings. The second-order valence-corrected chi connectivity index (χ2v) is 7.09. The van der Waals surface area contributed by atoms with Crippen LogP contribution in [0.2, 0.25) is 0 Å². The van der Waals surface area contributed by atoms with Crippen LogP contribution in [-0.2, 0) is 16.1 Å². The maximum Gasteiger partial charge on any atom is 0.306 e. The fourth-order valence-electron chi connectivity index (χ4n) is 3.85. The van der Waals surface area contributed by atoms with Crippen molar-refractivity contribution in [3.05, 3.63) is 35.9 Å². The molecule has 1 aliphatic heterocycles. The van der Waals surface area contributed by atoms with Gasteiger partial charge in [0.15, 0.2) is 0 Å². The van der Waals surface area contributed by atoms with Crippen LogP contribution in [0.25, 0.3) is 0 Å². The SMILES string of the molecule is O=C(N[C@@H]1CC[C@H](C(=O)O)C1)C1CCN(Cc2ccccc2)CC1. The molecule has 2 N–H and O–H groups in total. The van der Waals surface area contributed by atoms with Crippen molar-refractivity contribution < 1.29 is 14.7 Å². The van der Waals surface area contributed by atoms with Crippen LogP contribution in [-0.4, -0.2) is 41.0 Å². The van der Waals surface area contributed by atoms with Gasteiger partial charge in [0.2, 0.25) is 5.91 Å². The number of piperidine rings is 1. The van der Waals surface area contributed by atoms with Crippen LogP contribution < -0.4 is 5.32 Å². The number of carboxylic acid groups (broad SMARTS) is 1. The number of carboxylic acids is 1. The average Bonchev–Trinajstić information content (AvgIpc) is 3.05. The monoisotopic (exact) mass is 330 g/mol. The van der Waals surface area contributed by atoms with E-state index in [9.17, 15) is 9.59 Å². The summed E-state index contributed by atoms with van der Waals surface area (Å²) in [6.45, 7) is 2.82. The Morgan fingerprint density at radius 1 is 1.04 bits per heavy atom. The third-order valence-electron chi connectivity index (χ3n) is 5.34. The first-order valence-corrected chi connectivity index (χ1v) is 8.91. The summed E-state index contributed by atoms with van der Waals surface area (Å²) in [5.74, 6) is -0.838. The topological polar surface area (TPSA) is 69.6 Å². The highest BCUT2D eigenvalue weighted by Crippen LogP contribution is 2.27. The zero-order valence-corrected chi connectivity index (χ0v) is 14.0. The summed E-state index contributed by atoms with van der Waals surface area (Å²) in [6.07, 6.45) is 3.81. The number of nitrogens with one attached hydrogen (secondary N) is 1. The lowest BCUT2D eigenvalue weighted by atomic mass is 9.95. The highest BCUT2D eigenvalue weighted by atomic mass is 16.4. The Bertz CT molecular complexity index is 567. The summed E-state index contributed by atoms with van der Waals surface area (Å²) in [6, 6.07) is 10.5. The van der Waals surface area contributed by atoms with E-state index in [1.807, 2.05) is 6.07 Å². The minimum absolute atomic E-state index is 0.0425. The van der Waals surface area contributed by atoms with Crippen LogP contribution in [0.15, 0.2) is 30.3 Å². The average molecular weight is 330 g/mol. The standard InChI is InChI=1S/C19H26N2O3/c22-18(20-17-7-6-16(12-17)19(23)24)15-8-10-21(11-9-15)13-14-4-2-1-3-5-14/h1-5,15-17H,6-13H2,(H,20,22)(H,23,24)/t16-,17+/m0/s1. The van der Waals surface area contributed by atoms with Gasteiger partial charge in [-0.25, -0.2) is 0 Å². The fraction of sp³-hybridized carbons (Fsp3) is 0.579. The maximum atomic E-state index is 12.4. The number of hydrogen-bond acceptors (Lipinski definition) is 3. The highest BCUT2D eigenvalue weighted by Gasteiger charge is 2.32. The molecule has 1 aliphatic carbocycles. The number of likely N-dealkylation sites (tertiary alicyclic amines) is 1. The van der Waals surface area contributed by atoms with E-state index >= 15 is 0 Å². The molecule has 0 unspecified atom stereocenters. The Morgan fingerprint density at radius 3 is 2.38 bits per heavy atom. The Balaban J connectivity index is 1.41. The van der Waals surface area contributed by atoms with Crippen LogP contribution in [0.4, 0.5) is 0 Å². The summed E-state index contributed by atoms with van der Waals surface area (Å²) >= 11 is 0. The van der Waals surface area contributed by atoms with Gasteiger partial charge in [-0.05, 0) is 50.8 Å². The molecule has 0 spiro atoms. The Hall–Kier alpha value is -1.88. The Kier molecular flexibility index (Phi) is 5.51. The predicted molar refractivity (Wildman–Crippen MR) is 91.4 cm³/mol. The van der Waals surface area contributed by atoms with E-state index in [1.165, 1.54) is 5.56 Å². The second kappa shape index (κ2) is 7.79. The van der Waals surface area contributed by atoms with Crippen molar-refractivity contribution in [2.24, 2.45) is 11.8 Å². The lowest BCUT2D eigenvalue weighted by molar-refractivity contribution is -0.141. The molecule has 5 nitrogen and oxygen atoms in total. The molecule has 2 atom stereocenters. The van der Waals surface area contributed by atoms with Gasteiger partial charge in [0.1, 0.15) is 0 Å². The molecular weight excluding hydrogens is 304 g/mol. The van der Waals surface area contributed by atoms with Gasteiger partial charge < -0.3 is 10.4 Å². The summed E-state index contributed by atoms with van der Waals surface area (Å²) in [5, 5.41) is 12.1. The minimum atomic E-state index is -0.735. The van der Waals surface area contributed by atoms with Crippen molar-refractivity contribution in [3.63, 3.8) is 0 Å². The molecule has 0 bridgehead atoms. The number of carbonyl (C=O) groups is 2. The number of benzene rings is 1. The molecular formula is C19H26N2O3. The largest absolute Gasteiger partial charge is 0.481 e.